The third-order valence-electron chi connectivity index (χ3n) is 2.89. The minimum atomic E-state index is -0.314. The van der Waals surface area contributed by atoms with Crippen molar-refractivity contribution in [2.75, 3.05) is 18.6 Å². The van der Waals surface area contributed by atoms with Gasteiger partial charge in [0.25, 0.3) is 0 Å². The lowest BCUT2D eigenvalue weighted by atomic mass is 10.3. The third-order valence-corrected chi connectivity index (χ3v) is 5.79. The molecule has 21 heavy (non-hydrogen) atoms. The highest BCUT2D eigenvalue weighted by Gasteiger charge is 2.15. The molecule has 0 bridgehead atoms. The van der Waals surface area contributed by atoms with Crippen LogP contribution in [0.25, 0.3) is 10.2 Å². The largest absolute Gasteiger partial charge is 0.339 e. The Balaban J connectivity index is 2.11. The summed E-state index contributed by atoms with van der Waals surface area (Å²) in [6, 6.07) is 4.15. The Hall–Kier alpha value is -0.810. The van der Waals surface area contributed by atoms with E-state index in [4.69, 9.17) is 11.6 Å². The molecule has 1 aromatic carbocycles. The predicted octanol–water partition coefficient (Wildman–Crippen LogP) is 4.61. The Morgan fingerprint density at radius 3 is 2.86 bits per heavy atom. The number of rotatable bonds is 3. The van der Waals surface area contributed by atoms with Gasteiger partial charge in [0.15, 0.2) is 0 Å². The molecule has 0 amide bonds. The first-order chi connectivity index (χ1) is 10.1. The summed E-state index contributed by atoms with van der Waals surface area (Å²) in [4.78, 5) is 12.7. The van der Waals surface area contributed by atoms with Crippen LogP contribution in [0.5, 0.6) is 0 Å². The van der Waals surface area contributed by atoms with E-state index < -0.39 is 0 Å². The number of anilines is 2. The molecule has 8 heteroatoms. The minimum absolute atomic E-state index is 0.215. The molecule has 0 saturated carbocycles. The zero-order chi connectivity index (χ0) is 15.0. The van der Waals surface area contributed by atoms with Gasteiger partial charge >= 0.3 is 0 Å². The second-order valence-corrected chi connectivity index (χ2v) is 8.83. The first-order valence-electron chi connectivity index (χ1n) is 6.05. The number of nitrogens with zero attached hydrogens (tertiary/aromatic N) is 3. The quantitative estimate of drug-likeness (QED) is 0.514. The van der Waals surface area contributed by atoms with E-state index in [9.17, 15) is 0 Å². The highest BCUT2D eigenvalue weighted by Crippen LogP contribution is 2.35. The number of hydrogen-bond donors (Lipinski definition) is 1. The highest BCUT2D eigenvalue weighted by atomic mass is 79.9. The van der Waals surface area contributed by atoms with Gasteiger partial charge in [0.05, 0.1) is 20.2 Å². The normalized spacial score (nSPS) is 11.3. The first-order valence-corrected chi connectivity index (χ1v) is 10.3. The highest BCUT2D eigenvalue weighted by molar-refractivity contribution is 9.10. The number of benzene rings is 1. The van der Waals surface area contributed by atoms with Crippen molar-refractivity contribution in [1.82, 2.24) is 15.0 Å². The average Bonchev–Trinajstić information content (AvgIpc) is 2.90. The monoisotopic (exact) mass is 400 g/mol. The van der Waals surface area contributed by atoms with Crippen molar-refractivity contribution < 1.29 is 0 Å². The first kappa shape index (κ1) is 15.1. The lowest BCUT2D eigenvalue weighted by Crippen LogP contribution is -2.10. The molecular formula is C13H11BrClN4PS. The topological polar surface area (TPSA) is 50.7 Å². The molecule has 0 radical (unpaired) electrons. The van der Waals surface area contributed by atoms with E-state index in [0.717, 1.165) is 15.7 Å². The van der Waals surface area contributed by atoms with Crippen LogP contribution in [0, 0.1) is 0 Å². The van der Waals surface area contributed by atoms with Gasteiger partial charge in [-0.25, -0.2) is 9.97 Å². The molecular weight excluding hydrogens is 391 g/mol. The number of hydrogen-bond acceptors (Lipinski definition) is 5. The third kappa shape index (κ3) is 3.04. The molecule has 0 spiro atoms. The van der Waals surface area contributed by atoms with Crippen molar-refractivity contribution in [2.45, 2.75) is 0 Å². The Bertz CT molecular complexity index is 808. The van der Waals surface area contributed by atoms with Crippen LogP contribution in [0.4, 0.5) is 11.5 Å². The van der Waals surface area contributed by atoms with Gasteiger partial charge in [-0.05, 0) is 53.0 Å². The molecule has 0 aliphatic heterocycles. The van der Waals surface area contributed by atoms with Crippen LogP contribution >= 0.6 is 46.8 Å². The predicted molar refractivity (Wildman–Crippen MR) is 96.0 cm³/mol. The van der Waals surface area contributed by atoms with Gasteiger partial charge in [0.1, 0.15) is 5.82 Å². The van der Waals surface area contributed by atoms with Crippen LogP contribution in [0.3, 0.4) is 0 Å². The second-order valence-electron chi connectivity index (χ2n) is 4.52. The second kappa shape index (κ2) is 6.13. The molecule has 0 atom stereocenters. The molecule has 2 aromatic heterocycles. The van der Waals surface area contributed by atoms with E-state index in [1.165, 1.54) is 10.0 Å². The van der Waals surface area contributed by atoms with E-state index in [0.29, 0.717) is 5.82 Å². The van der Waals surface area contributed by atoms with Crippen molar-refractivity contribution in [2.24, 2.45) is 0 Å². The summed E-state index contributed by atoms with van der Waals surface area (Å²) in [5.74, 6) is 0.655. The number of fused-ring (bicyclic) bond motifs is 1. The molecule has 0 fully saturated rings. The fourth-order valence-corrected chi connectivity index (χ4v) is 4.43. The number of halogens is 2. The van der Waals surface area contributed by atoms with Crippen LogP contribution in [0.15, 0.2) is 28.3 Å². The Labute approximate surface area is 140 Å². The maximum atomic E-state index is 5.87. The zero-order valence-corrected chi connectivity index (χ0v) is 15.3. The lowest BCUT2D eigenvalue weighted by Gasteiger charge is -2.15. The van der Waals surface area contributed by atoms with E-state index in [1.807, 2.05) is 5.51 Å². The smallest absolute Gasteiger partial charge is 0.224 e. The van der Waals surface area contributed by atoms with Crippen molar-refractivity contribution >= 4 is 73.8 Å². The van der Waals surface area contributed by atoms with Gasteiger partial charge in [0.2, 0.25) is 5.28 Å². The maximum absolute atomic E-state index is 5.87. The maximum Gasteiger partial charge on any atom is 0.224 e. The SMILES string of the molecule is CP(C)c1c(Nc2nc(Cl)ncc2Br)ccc2scnc12. The molecule has 3 aromatic rings. The zero-order valence-electron chi connectivity index (χ0n) is 11.3. The summed E-state index contributed by atoms with van der Waals surface area (Å²) in [6.07, 6.45) is 1.64. The Morgan fingerprint density at radius 1 is 1.29 bits per heavy atom. The van der Waals surface area contributed by atoms with Crippen LogP contribution in [0.2, 0.25) is 5.28 Å². The van der Waals surface area contributed by atoms with E-state index in [-0.39, 0.29) is 13.2 Å². The average molecular weight is 402 g/mol. The van der Waals surface area contributed by atoms with Crippen LogP contribution < -0.4 is 10.6 Å². The molecule has 3 rings (SSSR count). The summed E-state index contributed by atoms with van der Waals surface area (Å²) < 4.78 is 1.97. The Morgan fingerprint density at radius 2 is 2.10 bits per heavy atom. The number of nitrogens with one attached hydrogen (secondary N) is 1. The van der Waals surface area contributed by atoms with E-state index >= 15 is 0 Å². The van der Waals surface area contributed by atoms with Gasteiger partial charge in [-0.3, -0.25) is 0 Å². The molecule has 0 aliphatic carbocycles. The van der Waals surface area contributed by atoms with Crippen LogP contribution in [-0.2, 0) is 0 Å². The van der Waals surface area contributed by atoms with Crippen molar-refractivity contribution in [3.05, 3.63) is 33.6 Å². The fourth-order valence-electron chi connectivity index (χ4n) is 2.03. The van der Waals surface area contributed by atoms with Crippen molar-refractivity contribution in [3.8, 4) is 0 Å². The molecule has 0 unspecified atom stereocenters. The van der Waals surface area contributed by atoms with Crippen molar-refractivity contribution in [1.29, 1.82) is 0 Å². The minimum Gasteiger partial charge on any atom is -0.339 e. The standard InChI is InChI=1S/C13H11BrClN4PS/c1-20(2)11-8(3-4-9-10(11)17-6-21-9)18-12-7(14)5-16-13(15)19-12/h3-6H,1-2H3,(H,16,18,19). The van der Waals surface area contributed by atoms with Gasteiger partial charge in [0, 0.05) is 17.2 Å². The molecule has 1 N–H and O–H groups in total. The molecule has 0 aliphatic rings. The molecule has 108 valence electrons. The van der Waals surface area contributed by atoms with Crippen molar-refractivity contribution in [3.63, 3.8) is 0 Å². The Kier molecular flexibility index (Phi) is 4.41. The van der Waals surface area contributed by atoms with E-state index in [2.05, 4.69) is 61.7 Å². The summed E-state index contributed by atoms with van der Waals surface area (Å²) in [5, 5.41) is 4.80. The fraction of sp³-hybridized carbons (Fsp3) is 0.154. The molecule has 0 saturated heterocycles. The van der Waals surface area contributed by atoms with Crippen LogP contribution in [-0.4, -0.2) is 28.3 Å². The van der Waals surface area contributed by atoms with E-state index in [1.54, 1.807) is 17.5 Å². The summed E-state index contributed by atoms with van der Waals surface area (Å²) in [5.41, 5.74) is 3.96. The lowest BCUT2D eigenvalue weighted by molar-refractivity contribution is 1.15. The van der Waals surface area contributed by atoms with Crippen LogP contribution in [0.1, 0.15) is 0 Å². The summed E-state index contributed by atoms with van der Waals surface area (Å²) in [6.45, 7) is 4.44. The summed E-state index contributed by atoms with van der Waals surface area (Å²) >= 11 is 11.0. The van der Waals surface area contributed by atoms with Gasteiger partial charge < -0.3 is 5.32 Å². The molecule has 4 nitrogen and oxygen atoms in total. The van der Waals surface area contributed by atoms with Gasteiger partial charge in [-0.15, -0.1) is 11.3 Å². The van der Waals surface area contributed by atoms with Gasteiger partial charge in [-0.2, -0.15) is 4.98 Å². The number of aromatic nitrogens is 3. The molecule has 2 heterocycles. The van der Waals surface area contributed by atoms with Gasteiger partial charge in [-0.1, -0.05) is 7.92 Å². The number of thiazole rings is 1. The summed E-state index contributed by atoms with van der Waals surface area (Å²) in [7, 11) is -0.314.